The van der Waals surface area contributed by atoms with Crippen LogP contribution in [0.4, 0.5) is 26.3 Å². The molecule has 0 amide bonds. The van der Waals surface area contributed by atoms with Crippen molar-refractivity contribution in [2.75, 3.05) is 0 Å². The summed E-state index contributed by atoms with van der Waals surface area (Å²) < 4.78 is 81.8. The molecular weight excluding hydrogens is 650 g/mol. The minimum Gasteiger partial charge on any atom is -0.204 e. The molecule has 2 aromatic carbocycles. The summed E-state index contributed by atoms with van der Waals surface area (Å²) in [5.74, 6) is -9.37. The highest BCUT2D eigenvalue weighted by atomic mass is 79.9. The molecule has 0 spiro atoms. The van der Waals surface area contributed by atoms with Crippen molar-refractivity contribution in [2.24, 2.45) is 0 Å². The predicted octanol–water partition coefficient (Wildman–Crippen LogP) is 9.59. The maximum absolute atomic E-state index is 14.0. The maximum Gasteiger partial charge on any atom is 0.197 e. The lowest BCUT2D eigenvalue weighted by atomic mass is 10.0. The molecule has 0 aliphatic heterocycles. The Morgan fingerprint density at radius 1 is 0.679 bits per heavy atom. The van der Waals surface area contributed by atoms with Crippen molar-refractivity contribution in [3.63, 3.8) is 0 Å². The lowest BCUT2D eigenvalue weighted by molar-refractivity contribution is 0.472. The van der Waals surface area contributed by atoms with Crippen LogP contribution in [0.2, 0.25) is 0 Å². The fourth-order valence-corrected chi connectivity index (χ4v) is 3.83. The molecule has 0 aromatic heterocycles. The van der Waals surface area contributed by atoms with Crippen molar-refractivity contribution >= 4 is 69.8 Å². The van der Waals surface area contributed by atoms with Crippen LogP contribution in [0.15, 0.2) is 66.0 Å². The molecule has 28 heavy (non-hydrogen) atoms. The summed E-state index contributed by atoms with van der Waals surface area (Å²) in [5.41, 5.74) is 0.785. The van der Waals surface area contributed by atoms with Gasteiger partial charge in [0, 0.05) is 24.0 Å². The van der Waals surface area contributed by atoms with Gasteiger partial charge in [-0.2, -0.15) is 0 Å². The first kappa shape index (κ1) is 23.4. The first-order valence-corrected chi connectivity index (χ1v) is 10.4. The second kappa shape index (κ2) is 9.77. The van der Waals surface area contributed by atoms with Crippen molar-refractivity contribution in [3.05, 3.63) is 83.2 Å². The van der Waals surface area contributed by atoms with Crippen molar-refractivity contribution in [2.45, 2.75) is 0 Å². The van der Waals surface area contributed by atoms with Crippen molar-refractivity contribution in [1.29, 1.82) is 0 Å². The van der Waals surface area contributed by atoms with Crippen LogP contribution in [0.1, 0.15) is 5.56 Å². The first-order valence-electron chi connectivity index (χ1n) is 7.09. The van der Waals surface area contributed by atoms with Gasteiger partial charge in [0.25, 0.3) is 0 Å². The first-order chi connectivity index (χ1) is 13.1. The van der Waals surface area contributed by atoms with Crippen LogP contribution in [-0.2, 0) is 0 Å². The van der Waals surface area contributed by atoms with Crippen LogP contribution in [-0.4, -0.2) is 0 Å². The Balaban J connectivity index is 2.55. The smallest absolute Gasteiger partial charge is 0.197 e. The molecule has 2 aromatic rings. The third kappa shape index (κ3) is 5.20. The van der Waals surface area contributed by atoms with Gasteiger partial charge in [-0.1, -0.05) is 63.7 Å². The van der Waals surface area contributed by atoms with Gasteiger partial charge in [-0.15, -0.1) is 0 Å². The van der Waals surface area contributed by atoms with E-state index < -0.39 is 34.9 Å². The number of benzene rings is 2. The van der Waals surface area contributed by atoms with E-state index in [4.69, 9.17) is 0 Å². The van der Waals surface area contributed by atoms with E-state index >= 15 is 0 Å². The predicted molar refractivity (Wildman–Crippen MR) is 111 cm³/mol. The van der Waals surface area contributed by atoms with Crippen LogP contribution in [0.25, 0.3) is 17.2 Å². The Morgan fingerprint density at radius 3 is 1.79 bits per heavy atom. The largest absolute Gasteiger partial charge is 0.204 e. The Hall–Kier alpha value is -0.840. The lowest BCUT2D eigenvalue weighted by Crippen LogP contribution is -1.91. The zero-order valence-corrected chi connectivity index (χ0v) is 19.6. The van der Waals surface area contributed by atoms with E-state index in [2.05, 4.69) is 63.7 Å². The zero-order valence-electron chi connectivity index (χ0n) is 13.2. The maximum atomic E-state index is 14.0. The molecule has 0 aliphatic rings. The summed E-state index contributed by atoms with van der Waals surface area (Å²) in [5, 5.41) is 0. The van der Waals surface area contributed by atoms with Crippen LogP contribution >= 0.6 is 63.7 Å². The Bertz CT molecular complexity index is 1030. The van der Waals surface area contributed by atoms with Gasteiger partial charge in [0.1, 0.15) is 0 Å². The van der Waals surface area contributed by atoms with E-state index in [0.717, 1.165) is 12.1 Å². The molecule has 0 heterocycles. The molecule has 0 unspecified atom stereocenters. The van der Waals surface area contributed by atoms with E-state index in [1.165, 1.54) is 12.1 Å². The second-order valence-corrected chi connectivity index (χ2v) is 8.20. The van der Waals surface area contributed by atoms with Crippen LogP contribution in [0, 0.1) is 11.6 Å². The summed E-state index contributed by atoms with van der Waals surface area (Å²) >= 11 is 12.0. The fourth-order valence-electron chi connectivity index (χ4n) is 2.07. The van der Waals surface area contributed by atoms with E-state index in [1.54, 1.807) is 0 Å². The highest BCUT2D eigenvalue weighted by Gasteiger charge is 2.18. The SMILES string of the molecule is FC(=C\Br)/C(F)=C(F)\C(F)=C\c1cc(Br)c(-c2cc(F)c(F)cc2Br)cc1Br. The second-order valence-electron chi connectivity index (χ2n) is 5.18. The Labute approximate surface area is 189 Å². The van der Waals surface area contributed by atoms with Crippen molar-refractivity contribution < 1.29 is 26.3 Å². The van der Waals surface area contributed by atoms with Crippen LogP contribution < -0.4 is 0 Å². The molecule has 0 saturated carbocycles. The molecule has 0 N–H and O–H groups in total. The molecule has 0 fully saturated rings. The molecule has 0 bridgehead atoms. The summed E-state index contributed by atoms with van der Waals surface area (Å²) in [6.45, 7) is 0. The number of rotatable bonds is 4. The monoisotopic (exact) mass is 652 g/mol. The van der Waals surface area contributed by atoms with Gasteiger partial charge in [-0.05, 0) is 41.5 Å². The molecule has 0 nitrogen and oxygen atoms in total. The Kier molecular flexibility index (Phi) is 8.18. The van der Waals surface area contributed by atoms with Gasteiger partial charge < -0.3 is 0 Å². The molecule has 0 aliphatic carbocycles. The zero-order chi connectivity index (χ0) is 21.2. The van der Waals surface area contributed by atoms with Gasteiger partial charge in [0.05, 0.1) is 0 Å². The number of hydrogen-bond donors (Lipinski definition) is 0. The van der Waals surface area contributed by atoms with Gasteiger partial charge in [0.2, 0.25) is 0 Å². The average molecular weight is 656 g/mol. The third-order valence-electron chi connectivity index (χ3n) is 3.38. The molecule has 148 valence electrons. The molecule has 2 rings (SSSR count). The number of allylic oxidation sites excluding steroid dienone is 4. The quantitative estimate of drug-likeness (QED) is 0.175. The lowest BCUT2D eigenvalue weighted by Gasteiger charge is -2.11. The molecule has 10 heteroatoms. The van der Waals surface area contributed by atoms with E-state index in [1.807, 2.05) is 0 Å². The van der Waals surface area contributed by atoms with Crippen molar-refractivity contribution in [1.82, 2.24) is 0 Å². The van der Waals surface area contributed by atoms with E-state index in [9.17, 15) is 26.3 Å². The fraction of sp³-hybridized carbons (Fsp3) is 0. The standard InChI is InChI=1S/C18H6Br4F6/c19-6-16(26)18(28)17(27)15(25)2-7-1-11(21)8(3-10(7)20)9-4-13(23)14(24)5-12(9)22/h1-6H/b15-2-,16-6-,18-17-. The molecule has 0 atom stereocenters. The van der Waals surface area contributed by atoms with E-state index in [0.29, 0.717) is 26.7 Å². The van der Waals surface area contributed by atoms with Gasteiger partial charge in [0.15, 0.2) is 34.9 Å². The van der Waals surface area contributed by atoms with Crippen molar-refractivity contribution in [3.8, 4) is 11.1 Å². The topological polar surface area (TPSA) is 0 Å². The van der Waals surface area contributed by atoms with E-state index in [-0.39, 0.29) is 14.5 Å². The molecule has 0 radical (unpaired) electrons. The number of hydrogen-bond acceptors (Lipinski definition) is 0. The summed E-state index contributed by atoms with van der Waals surface area (Å²) in [7, 11) is 0. The Morgan fingerprint density at radius 2 is 1.18 bits per heavy atom. The summed E-state index contributed by atoms with van der Waals surface area (Å²) in [6.07, 6.45) is 0.648. The molecule has 0 saturated heterocycles. The highest BCUT2D eigenvalue weighted by Crippen LogP contribution is 2.39. The normalized spacial score (nSPS) is 13.6. The van der Waals surface area contributed by atoms with Gasteiger partial charge >= 0.3 is 0 Å². The minimum absolute atomic E-state index is 0.0815. The summed E-state index contributed by atoms with van der Waals surface area (Å²) in [6, 6.07) is 4.70. The van der Waals surface area contributed by atoms with Crippen LogP contribution in [0.3, 0.4) is 0 Å². The average Bonchev–Trinajstić information content (AvgIpc) is 2.65. The number of halogens is 10. The minimum atomic E-state index is -2.01. The highest BCUT2D eigenvalue weighted by molar-refractivity contribution is 9.11. The third-order valence-corrected chi connectivity index (χ3v) is 5.78. The molecular formula is C18H6Br4F6. The van der Waals surface area contributed by atoms with Gasteiger partial charge in [-0.3, -0.25) is 0 Å². The summed E-state index contributed by atoms with van der Waals surface area (Å²) in [4.78, 5) is 0.468. The van der Waals surface area contributed by atoms with Crippen LogP contribution in [0.5, 0.6) is 0 Å². The van der Waals surface area contributed by atoms with Gasteiger partial charge in [-0.25, -0.2) is 26.3 Å².